The fraction of sp³-hybridized carbons (Fsp3) is 0.533. The van der Waals surface area contributed by atoms with E-state index in [9.17, 15) is 22.7 Å². The Balaban J connectivity index is 1.76. The van der Waals surface area contributed by atoms with Crippen LogP contribution in [0.2, 0.25) is 0 Å². The Morgan fingerprint density at radius 3 is 2.61 bits per heavy atom. The Hall–Kier alpha value is -1.51. The molecule has 2 atom stereocenters. The van der Waals surface area contributed by atoms with Crippen molar-refractivity contribution in [1.29, 1.82) is 0 Å². The Morgan fingerprint density at radius 2 is 2.00 bits per heavy atom. The number of hydrogen-bond donors (Lipinski definition) is 1. The second-order valence-corrected chi connectivity index (χ2v) is 8.09. The Morgan fingerprint density at radius 1 is 1.30 bits per heavy atom. The van der Waals surface area contributed by atoms with Crippen molar-refractivity contribution < 1.29 is 22.7 Å². The van der Waals surface area contributed by atoms with Crippen LogP contribution in [0.15, 0.2) is 24.3 Å². The van der Waals surface area contributed by atoms with E-state index in [2.05, 4.69) is 0 Å². The van der Waals surface area contributed by atoms with Crippen molar-refractivity contribution in [3.8, 4) is 0 Å². The standard InChI is InChI=1S/C15H19FN2O4S/c16-12-4-2-11(3-5-12)14-8-13(19)9-18(14)15(20)10-17-6-1-7-23(17,21)22/h2-5,13-14,19H,1,6-10H2/t13-,14+/m1/s1. The molecular formula is C15H19FN2O4S. The summed E-state index contributed by atoms with van der Waals surface area (Å²) in [6.07, 6.45) is 0.230. The molecule has 0 aromatic heterocycles. The van der Waals surface area contributed by atoms with E-state index in [0.29, 0.717) is 19.4 Å². The van der Waals surface area contributed by atoms with Crippen LogP contribution in [0.4, 0.5) is 4.39 Å². The van der Waals surface area contributed by atoms with Gasteiger partial charge in [-0.1, -0.05) is 12.1 Å². The number of carbonyl (C=O) groups excluding carboxylic acids is 1. The van der Waals surface area contributed by atoms with Gasteiger partial charge < -0.3 is 10.0 Å². The van der Waals surface area contributed by atoms with Crippen LogP contribution >= 0.6 is 0 Å². The van der Waals surface area contributed by atoms with Crippen LogP contribution in [0, 0.1) is 5.82 Å². The van der Waals surface area contributed by atoms with Crippen molar-refractivity contribution in [2.24, 2.45) is 0 Å². The molecule has 6 nitrogen and oxygen atoms in total. The van der Waals surface area contributed by atoms with Crippen molar-refractivity contribution >= 4 is 15.9 Å². The highest BCUT2D eigenvalue weighted by molar-refractivity contribution is 7.89. The van der Waals surface area contributed by atoms with Crippen LogP contribution in [0.5, 0.6) is 0 Å². The molecule has 0 radical (unpaired) electrons. The molecule has 2 heterocycles. The lowest BCUT2D eigenvalue weighted by atomic mass is 10.0. The molecule has 8 heteroatoms. The second-order valence-electron chi connectivity index (χ2n) is 6.01. The van der Waals surface area contributed by atoms with E-state index >= 15 is 0 Å². The molecule has 1 aromatic carbocycles. The summed E-state index contributed by atoms with van der Waals surface area (Å²) in [6, 6.07) is 5.44. The van der Waals surface area contributed by atoms with Gasteiger partial charge in [-0.25, -0.2) is 12.8 Å². The molecule has 1 N–H and O–H groups in total. The van der Waals surface area contributed by atoms with E-state index in [1.54, 1.807) is 12.1 Å². The third kappa shape index (κ3) is 3.39. The minimum atomic E-state index is -3.34. The van der Waals surface area contributed by atoms with Gasteiger partial charge >= 0.3 is 0 Å². The van der Waals surface area contributed by atoms with Gasteiger partial charge in [0.15, 0.2) is 0 Å². The van der Waals surface area contributed by atoms with Crippen LogP contribution in [0.25, 0.3) is 0 Å². The normalized spacial score (nSPS) is 27.5. The Labute approximate surface area is 134 Å². The summed E-state index contributed by atoms with van der Waals surface area (Å²) in [7, 11) is -3.34. The average molecular weight is 342 g/mol. The van der Waals surface area contributed by atoms with Crippen molar-refractivity contribution in [2.75, 3.05) is 25.4 Å². The molecule has 2 aliphatic heterocycles. The summed E-state index contributed by atoms with van der Waals surface area (Å²) in [5.74, 6) is -0.626. The second kappa shape index (κ2) is 6.18. The molecule has 2 fully saturated rings. The summed E-state index contributed by atoms with van der Waals surface area (Å²) >= 11 is 0. The number of aliphatic hydroxyl groups excluding tert-OH is 1. The average Bonchev–Trinajstić information content (AvgIpc) is 3.03. The molecule has 2 saturated heterocycles. The molecular weight excluding hydrogens is 323 g/mol. The van der Waals surface area contributed by atoms with Crippen molar-refractivity contribution in [2.45, 2.75) is 25.0 Å². The highest BCUT2D eigenvalue weighted by Gasteiger charge is 2.38. The summed E-state index contributed by atoms with van der Waals surface area (Å²) in [5, 5.41) is 9.90. The van der Waals surface area contributed by atoms with Gasteiger partial charge in [-0.3, -0.25) is 4.79 Å². The number of aliphatic hydroxyl groups is 1. The molecule has 0 spiro atoms. The minimum Gasteiger partial charge on any atom is -0.391 e. The molecule has 1 aromatic rings. The van der Waals surface area contributed by atoms with E-state index in [1.807, 2.05) is 0 Å². The lowest BCUT2D eigenvalue weighted by Crippen LogP contribution is -2.41. The van der Waals surface area contributed by atoms with Gasteiger partial charge in [0.2, 0.25) is 15.9 Å². The van der Waals surface area contributed by atoms with E-state index < -0.39 is 16.1 Å². The molecule has 0 aliphatic carbocycles. The zero-order valence-corrected chi connectivity index (χ0v) is 13.4. The first-order valence-corrected chi connectivity index (χ1v) is 9.18. The summed E-state index contributed by atoms with van der Waals surface area (Å²) in [4.78, 5) is 14.0. The quantitative estimate of drug-likeness (QED) is 0.867. The van der Waals surface area contributed by atoms with Crippen molar-refractivity contribution in [3.05, 3.63) is 35.6 Å². The molecule has 3 rings (SSSR count). The van der Waals surface area contributed by atoms with Gasteiger partial charge in [0, 0.05) is 13.1 Å². The Bertz CT molecular complexity index is 692. The predicted molar refractivity (Wildman–Crippen MR) is 81.5 cm³/mol. The highest BCUT2D eigenvalue weighted by atomic mass is 32.2. The number of rotatable bonds is 3. The van der Waals surface area contributed by atoms with Gasteiger partial charge in [-0.05, 0) is 30.5 Å². The maximum Gasteiger partial charge on any atom is 0.238 e. The highest BCUT2D eigenvalue weighted by Crippen LogP contribution is 2.32. The largest absolute Gasteiger partial charge is 0.391 e. The van der Waals surface area contributed by atoms with E-state index in [0.717, 1.165) is 5.56 Å². The van der Waals surface area contributed by atoms with Crippen molar-refractivity contribution in [1.82, 2.24) is 9.21 Å². The number of amides is 1. The van der Waals surface area contributed by atoms with E-state index in [1.165, 1.54) is 21.3 Å². The number of benzene rings is 1. The molecule has 0 bridgehead atoms. The smallest absolute Gasteiger partial charge is 0.238 e. The van der Waals surface area contributed by atoms with Gasteiger partial charge in [0.1, 0.15) is 5.82 Å². The molecule has 126 valence electrons. The van der Waals surface area contributed by atoms with Gasteiger partial charge in [-0.2, -0.15) is 4.31 Å². The first-order chi connectivity index (χ1) is 10.9. The number of hydrogen-bond acceptors (Lipinski definition) is 4. The molecule has 2 aliphatic rings. The van der Waals surface area contributed by atoms with Gasteiger partial charge in [0.25, 0.3) is 0 Å². The number of nitrogens with zero attached hydrogens (tertiary/aromatic N) is 2. The minimum absolute atomic E-state index is 0.0737. The third-order valence-corrected chi connectivity index (χ3v) is 6.27. The number of β-amino-alcohol motifs (C(OH)–C–C–N with tert-alkyl or cyclic N) is 1. The summed E-state index contributed by atoms with van der Waals surface area (Å²) in [6.45, 7) is 0.313. The topological polar surface area (TPSA) is 77.9 Å². The molecule has 0 saturated carbocycles. The van der Waals surface area contributed by atoms with Crippen LogP contribution in [-0.4, -0.2) is 60.1 Å². The maximum atomic E-state index is 13.1. The van der Waals surface area contributed by atoms with Crippen LogP contribution < -0.4 is 0 Å². The number of sulfonamides is 1. The molecule has 0 unspecified atom stereocenters. The maximum absolute atomic E-state index is 13.1. The first kappa shape index (κ1) is 16.4. The van der Waals surface area contributed by atoms with Gasteiger partial charge in [0.05, 0.1) is 24.4 Å². The number of carbonyl (C=O) groups is 1. The van der Waals surface area contributed by atoms with Crippen LogP contribution in [0.1, 0.15) is 24.4 Å². The summed E-state index contributed by atoms with van der Waals surface area (Å²) in [5.41, 5.74) is 0.737. The number of halogens is 1. The number of likely N-dealkylation sites (tertiary alicyclic amines) is 1. The van der Waals surface area contributed by atoms with Crippen LogP contribution in [0.3, 0.4) is 0 Å². The summed E-state index contributed by atoms with van der Waals surface area (Å²) < 4.78 is 37.9. The monoisotopic (exact) mass is 342 g/mol. The predicted octanol–water partition coefficient (Wildman–Crippen LogP) is 0.496. The fourth-order valence-corrected chi connectivity index (χ4v) is 4.67. The fourth-order valence-electron chi connectivity index (χ4n) is 3.20. The van der Waals surface area contributed by atoms with E-state index in [-0.39, 0.29) is 36.6 Å². The lowest BCUT2D eigenvalue weighted by Gasteiger charge is -2.26. The van der Waals surface area contributed by atoms with Gasteiger partial charge in [-0.15, -0.1) is 0 Å². The third-order valence-electron chi connectivity index (χ3n) is 4.37. The zero-order chi connectivity index (χ0) is 16.6. The first-order valence-electron chi connectivity index (χ1n) is 7.57. The molecule has 1 amide bonds. The molecule has 23 heavy (non-hydrogen) atoms. The zero-order valence-electron chi connectivity index (χ0n) is 12.6. The van der Waals surface area contributed by atoms with E-state index in [4.69, 9.17) is 0 Å². The Kier molecular flexibility index (Phi) is 4.39. The van der Waals surface area contributed by atoms with Crippen molar-refractivity contribution in [3.63, 3.8) is 0 Å². The SMILES string of the molecule is O=C(CN1CCCS1(=O)=O)N1C[C@H](O)C[C@H]1c1ccc(F)cc1. The lowest BCUT2D eigenvalue weighted by molar-refractivity contribution is -0.132. The van der Waals surface area contributed by atoms with Crippen LogP contribution in [-0.2, 0) is 14.8 Å².